The number of aryl methyl sites for hydroxylation is 2. The van der Waals surface area contributed by atoms with Gasteiger partial charge in [0.25, 0.3) is 5.22 Å². The molecule has 1 aromatic heterocycles. The third-order valence-corrected chi connectivity index (χ3v) is 3.65. The molecule has 0 saturated heterocycles. The molecule has 17 heavy (non-hydrogen) atoms. The molecule has 0 amide bonds. The number of thioether (sulfide) groups is 1. The van der Waals surface area contributed by atoms with Gasteiger partial charge in [-0.05, 0) is 37.6 Å². The van der Waals surface area contributed by atoms with Crippen molar-refractivity contribution >= 4 is 27.7 Å². The molecule has 2 nitrogen and oxygen atoms in total. The summed E-state index contributed by atoms with van der Waals surface area (Å²) in [4.78, 5) is 4.26. The molecule has 1 aromatic carbocycles. The lowest BCUT2D eigenvalue weighted by molar-refractivity contribution is 0.431. The average molecular weight is 316 g/mol. The summed E-state index contributed by atoms with van der Waals surface area (Å²) in [5.74, 6) is 1.22. The first-order chi connectivity index (χ1) is 8.04. The molecule has 0 saturated carbocycles. The van der Waals surface area contributed by atoms with Gasteiger partial charge in [0.15, 0.2) is 0 Å². The smallest absolute Gasteiger partial charge is 0.256 e. The van der Waals surface area contributed by atoms with Gasteiger partial charge in [0.2, 0.25) is 0 Å². The van der Waals surface area contributed by atoms with Crippen molar-refractivity contribution in [2.45, 2.75) is 24.8 Å². The summed E-state index contributed by atoms with van der Waals surface area (Å²) in [5, 5.41) is 0.625. The summed E-state index contributed by atoms with van der Waals surface area (Å²) in [5.41, 5.74) is 1.79. The van der Waals surface area contributed by atoms with Crippen molar-refractivity contribution < 1.29 is 8.81 Å². The van der Waals surface area contributed by atoms with E-state index < -0.39 is 0 Å². The Bertz CT molecular complexity index is 502. The van der Waals surface area contributed by atoms with Crippen molar-refractivity contribution in [3.63, 3.8) is 0 Å². The maximum Gasteiger partial charge on any atom is 0.256 e. The Morgan fingerprint density at radius 1 is 1.35 bits per heavy atom. The molecule has 0 unspecified atom stereocenters. The SMILES string of the molecule is Cc1nc(SCc2cc(F)cc(Br)c2)oc1C. The molecule has 0 radical (unpaired) electrons. The second-order valence-electron chi connectivity index (χ2n) is 3.69. The summed E-state index contributed by atoms with van der Waals surface area (Å²) in [6, 6.07) is 4.84. The van der Waals surface area contributed by atoms with Gasteiger partial charge >= 0.3 is 0 Å². The number of aromatic nitrogens is 1. The minimum Gasteiger partial charge on any atom is -0.437 e. The van der Waals surface area contributed by atoms with Gasteiger partial charge in [-0.15, -0.1) is 0 Å². The number of rotatable bonds is 3. The van der Waals surface area contributed by atoms with Crippen LogP contribution >= 0.6 is 27.7 Å². The maximum absolute atomic E-state index is 13.1. The normalized spacial score (nSPS) is 10.8. The highest BCUT2D eigenvalue weighted by Crippen LogP contribution is 2.25. The number of oxazole rings is 1. The first kappa shape index (κ1) is 12.6. The van der Waals surface area contributed by atoms with Crippen molar-refractivity contribution in [3.05, 3.63) is 45.5 Å². The number of halogens is 2. The highest BCUT2D eigenvalue weighted by atomic mass is 79.9. The largest absolute Gasteiger partial charge is 0.437 e. The fraction of sp³-hybridized carbons (Fsp3) is 0.250. The van der Waals surface area contributed by atoms with Gasteiger partial charge in [0.05, 0.1) is 5.69 Å². The van der Waals surface area contributed by atoms with E-state index in [0.717, 1.165) is 21.5 Å². The van der Waals surface area contributed by atoms with Crippen molar-refractivity contribution in [3.8, 4) is 0 Å². The Kier molecular flexibility index (Phi) is 3.89. The van der Waals surface area contributed by atoms with Crippen LogP contribution < -0.4 is 0 Å². The predicted molar refractivity (Wildman–Crippen MR) is 69.6 cm³/mol. The lowest BCUT2D eigenvalue weighted by Gasteiger charge is -2.00. The molecule has 0 fully saturated rings. The Labute approximate surface area is 112 Å². The van der Waals surface area contributed by atoms with Gasteiger partial charge in [-0.1, -0.05) is 27.7 Å². The van der Waals surface area contributed by atoms with Crippen LogP contribution in [0, 0.1) is 19.7 Å². The van der Waals surface area contributed by atoms with Crippen molar-refractivity contribution in [2.75, 3.05) is 0 Å². The summed E-state index contributed by atoms with van der Waals surface area (Å²) < 4.78 is 19.3. The Balaban J connectivity index is 2.07. The second kappa shape index (κ2) is 5.23. The highest BCUT2D eigenvalue weighted by molar-refractivity contribution is 9.10. The van der Waals surface area contributed by atoms with Gasteiger partial charge in [0, 0.05) is 10.2 Å². The minimum absolute atomic E-state index is 0.241. The van der Waals surface area contributed by atoms with E-state index in [2.05, 4.69) is 20.9 Å². The summed E-state index contributed by atoms with van der Waals surface area (Å²) in [7, 11) is 0. The van der Waals surface area contributed by atoms with Gasteiger partial charge in [-0.25, -0.2) is 9.37 Å². The lowest BCUT2D eigenvalue weighted by Crippen LogP contribution is -1.84. The van der Waals surface area contributed by atoms with E-state index >= 15 is 0 Å². The van der Waals surface area contributed by atoms with E-state index in [1.54, 1.807) is 0 Å². The Morgan fingerprint density at radius 3 is 2.71 bits per heavy atom. The zero-order chi connectivity index (χ0) is 12.4. The van der Waals surface area contributed by atoms with Gasteiger partial charge in [0.1, 0.15) is 11.6 Å². The van der Waals surface area contributed by atoms with Gasteiger partial charge in [-0.2, -0.15) is 0 Å². The molecule has 2 aromatic rings. The van der Waals surface area contributed by atoms with Gasteiger partial charge in [-0.3, -0.25) is 0 Å². The van der Waals surface area contributed by atoms with Crippen molar-refractivity contribution in [1.29, 1.82) is 0 Å². The lowest BCUT2D eigenvalue weighted by atomic mass is 10.2. The van der Waals surface area contributed by atoms with Crippen LogP contribution in [0.1, 0.15) is 17.0 Å². The van der Waals surface area contributed by atoms with Crippen LogP contribution in [0.25, 0.3) is 0 Å². The first-order valence-corrected chi connectivity index (χ1v) is 6.84. The molecular formula is C12H11BrFNOS. The molecule has 90 valence electrons. The molecule has 1 heterocycles. The third-order valence-electron chi connectivity index (χ3n) is 2.29. The zero-order valence-electron chi connectivity index (χ0n) is 9.46. The molecule has 2 rings (SSSR count). The molecule has 0 atom stereocenters. The highest BCUT2D eigenvalue weighted by Gasteiger charge is 2.07. The monoisotopic (exact) mass is 315 g/mol. The average Bonchev–Trinajstić information content (AvgIpc) is 2.54. The minimum atomic E-state index is -0.241. The van der Waals surface area contributed by atoms with Crippen LogP contribution in [0.5, 0.6) is 0 Å². The van der Waals surface area contributed by atoms with Gasteiger partial charge < -0.3 is 4.42 Å². The molecule has 0 N–H and O–H groups in total. The summed E-state index contributed by atoms with van der Waals surface area (Å²) in [6.07, 6.45) is 0. The fourth-order valence-corrected chi connectivity index (χ4v) is 2.70. The zero-order valence-corrected chi connectivity index (χ0v) is 11.9. The standard InChI is InChI=1S/C12H11BrFNOS/c1-7-8(2)16-12(15-7)17-6-9-3-10(13)5-11(14)4-9/h3-5H,6H2,1-2H3. The first-order valence-electron chi connectivity index (χ1n) is 5.06. The number of benzene rings is 1. The van der Waals surface area contributed by atoms with E-state index in [-0.39, 0.29) is 5.82 Å². The predicted octanol–water partition coefficient (Wildman–Crippen LogP) is 4.49. The van der Waals surface area contributed by atoms with E-state index in [0.29, 0.717) is 11.0 Å². The Morgan fingerprint density at radius 2 is 2.12 bits per heavy atom. The van der Waals surface area contributed by atoms with E-state index in [9.17, 15) is 4.39 Å². The Hall–Kier alpha value is -0.810. The van der Waals surface area contributed by atoms with Crippen LogP contribution in [0.15, 0.2) is 32.3 Å². The van der Waals surface area contributed by atoms with Crippen LogP contribution in [-0.4, -0.2) is 4.98 Å². The maximum atomic E-state index is 13.1. The fourth-order valence-electron chi connectivity index (χ4n) is 1.34. The molecule has 0 aliphatic rings. The van der Waals surface area contributed by atoms with E-state index in [4.69, 9.17) is 4.42 Å². The van der Waals surface area contributed by atoms with Crippen molar-refractivity contribution in [2.24, 2.45) is 0 Å². The molecule has 0 aliphatic carbocycles. The van der Waals surface area contributed by atoms with Crippen LogP contribution in [0.4, 0.5) is 4.39 Å². The molecule has 0 aliphatic heterocycles. The summed E-state index contributed by atoms with van der Waals surface area (Å²) in [6.45, 7) is 3.78. The molecule has 0 bridgehead atoms. The topological polar surface area (TPSA) is 26.0 Å². The van der Waals surface area contributed by atoms with E-state index in [1.165, 1.54) is 23.9 Å². The molecular weight excluding hydrogens is 305 g/mol. The summed E-state index contributed by atoms with van der Waals surface area (Å²) >= 11 is 4.73. The quantitative estimate of drug-likeness (QED) is 0.781. The van der Waals surface area contributed by atoms with Crippen LogP contribution in [0.2, 0.25) is 0 Å². The van der Waals surface area contributed by atoms with Crippen LogP contribution in [0.3, 0.4) is 0 Å². The third kappa shape index (κ3) is 3.33. The number of hydrogen-bond acceptors (Lipinski definition) is 3. The second-order valence-corrected chi connectivity index (χ2v) is 5.53. The van der Waals surface area contributed by atoms with Crippen molar-refractivity contribution in [1.82, 2.24) is 4.98 Å². The number of hydrogen-bond donors (Lipinski definition) is 0. The van der Waals surface area contributed by atoms with E-state index in [1.807, 2.05) is 19.9 Å². The molecule has 5 heteroatoms. The number of nitrogens with zero attached hydrogens (tertiary/aromatic N) is 1. The molecule has 0 spiro atoms. The van der Waals surface area contributed by atoms with Crippen LogP contribution in [-0.2, 0) is 5.75 Å².